The van der Waals surface area contributed by atoms with Gasteiger partial charge in [-0.2, -0.15) is 5.10 Å². The van der Waals surface area contributed by atoms with E-state index in [-0.39, 0.29) is 28.2 Å². The van der Waals surface area contributed by atoms with Crippen LogP contribution in [0.5, 0.6) is 0 Å². The van der Waals surface area contributed by atoms with Crippen LogP contribution >= 0.6 is 11.8 Å². The molecule has 0 bridgehead atoms. The van der Waals surface area contributed by atoms with Gasteiger partial charge in [0.1, 0.15) is 5.69 Å². The number of anilines is 1. The van der Waals surface area contributed by atoms with Gasteiger partial charge in [0, 0.05) is 36.2 Å². The van der Waals surface area contributed by atoms with Crippen molar-refractivity contribution in [3.05, 3.63) is 58.3 Å². The highest BCUT2D eigenvalue weighted by molar-refractivity contribution is 8.12. The number of fused-ring (bicyclic) bond motifs is 1. The molecule has 29 heavy (non-hydrogen) atoms. The summed E-state index contributed by atoms with van der Waals surface area (Å²) in [5.41, 5.74) is 7.03. The molecule has 2 aromatic heterocycles. The molecular formula is C18H17N7O3S. The number of nitrogens with one attached hydrogen (secondary N) is 3. The summed E-state index contributed by atoms with van der Waals surface area (Å²) < 4.78 is 6.82. The zero-order valence-electron chi connectivity index (χ0n) is 15.4. The van der Waals surface area contributed by atoms with E-state index in [1.165, 1.54) is 24.0 Å². The minimum Gasteiger partial charge on any atom is -0.383 e. The number of amides is 2. The lowest BCUT2D eigenvalue weighted by Crippen LogP contribution is -2.31. The van der Waals surface area contributed by atoms with Crippen LogP contribution in [0.4, 0.5) is 5.69 Å². The molecule has 4 heterocycles. The molecule has 2 aromatic rings. The highest BCUT2D eigenvalue weighted by Gasteiger charge is 2.32. The highest BCUT2D eigenvalue weighted by atomic mass is 32.2. The van der Waals surface area contributed by atoms with Gasteiger partial charge in [-0.15, -0.1) is 0 Å². The van der Waals surface area contributed by atoms with Crippen molar-refractivity contribution in [1.29, 1.82) is 5.41 Å². The van der Waals surface area contributed by atoms with Crippen LogP contribution in [0.3, 0.4) is 0 Å². The molecule has 148 valence electrons. The fourth-order valence-electron chi connectivity index (χ4n) is 2.89. The molecule has 10 nitrogen and oxygen atoms in total. The summed E-state index contributed by atoms with van der Waals surface area (Å²) >= 11 is 1.34. The number of thioether (sulfide) groups is 1. The Morgan fingerprint density at radius 3 is 3.00 bits per heavy atom. The van der Waals surface area contributed by atoms with Crippen LogP contribution in [0, 0.1) is 5.41 Å². The molecule has 0 aromatic carbocycles. The summed E-state index contributed by atoms with van der Waals surface area (Å²) in [5.74, 6) is -1.11. The quantitative estimate of drug-likeness (QED) is 0.534. The van der Waals surface area contributed by atoms with Crippen molar-refractivity contribution in [1.82, 2.24) is 20.1 Å². The Kier molecular flexibility index (Phi) is 4.91. The molecule has 0 saturated heterocycles. The monoisotopic (exact) mass is 411 g/mol. The molecule has 0 radical (unpaired) electrons. The number of ether oxygens (including phenoxy) is 1. The van der Waals surface area contributed by atoms with E-state index >= 15 is 0 Å². The van der Waals surface area contributed by atoms with E-state index in [2.05, 4.69) is 20.7 Å². The first kappa shape index (κ1) is 18.9. The number of methoxy groups -OCH3 is 1. The van der Waals surface area contributed by atoms with Gasteiger partial charge >= 0.3 is 0 Å². The summed E-state index contributed by atoms with van der Waals surface area (Å²) in [6, 6.07) is 1.42. The zero-order chi connectivity index (χ0) is 20.5. The first-order valence-corrected chi connectivity index (χ1v) is 9.40. The average molecular weight is 411 g/mol. The van der Waals surface area contributed by atoms with Gasteiger partial charge in [-0.05, 0) is 6.07 Å². The third kappa shape index (κ3) is 3.52. The molecule has 2 aliphatic rings. The van der Waals surface area contributed by atoms with Crippen molar-refractivity contribution in [3.63, 3.8) is 0 Å². The van der Waals surface area contributed by atoms with Gasteiger partial charge in [0.2, 0.25) is 5.91 Å². The van der Waals surface area contributed by atoms with E-state index in [0.29, 0.717) is 18.2 Å². The Labute approximate surface area is 169 Å². The zero-order valence-corrected chi connectivity index (χ0v) is 16.2. The van der Waals surface area contributed by atoms with E-state index in [9.17, 15) is 9.59 Å². The Morgan fingerprint density at radius 2 is 2.24 bits per heavy atom. The second kappa shape index (κ2) is 7.53. The number of pyridine rings is 1. The number of hydrogen-bond donors (Lipinski definition) is 4. The number of carbonyl (C=O) groups is 2. The summed E-state index contributed by atoms with van der Waals surface area (Å²) in [6.07, 6.45) is 6.69. The topological polar surface area (TPSA) is 148 Å². The lowest BCUT2D eigenvalue weighted by atomic mass is 10.0. The molecule has 0 aliphatic carbocycles. The molecule has 11 heteroatoms. The number of aromatic nitrogens is 3. The smallest absolute Gasteiger partial charge is 0.260 e. The van der Waals surface area contributed by atoms with E-state index < -0.39 is 11.8 Å². The third-order valence-electron chi connectivity index (χ3n) is 4.35. The van der Waals surface area contributed by atoms with Crippen LogP contribution in [0.25, 0.3) is 4.91 Å². The van der Waals surface area contributed by atoms with E-state index in [0.717, 1.165) is 10.5 Å². The van der Waals surface area contributed by atoms with Crippen molar-refractivity contribution >= 4 is 39.9 Å². The summed E-state index contributed by atoms with van der Waals surface area (Å²) in [4.78, 5) is 29.0. The molecule has 0 fully saturated rings. The number of rotatable bonds is 5. The Bertz CT molecular complexity index is 1100. The molecule has 2 aliphatic heterocycles. The maximum Gasteiger partial charge on any atom is 0.260 e. The third-order valence-corrected chi connectivity index (χ3v) is 5.45. The number of nitrogens with zero attached hydrogens (tertiary/aromatic N) is 3. The van der Waals surface area contributed by atoms with Gasteiger partial charge in [0.15, 0.2) is 0 Å². The Hall–Kier alpha value is -3.44. The van der Waals surface area contributed by atoms with Gasteiger partial charge in [-0.3, -0.25) is 24.7 Å². The fraction of sp³-hybridized carbons (Fsp3) is 0.167. The van der Waals surface area contributed by atoms with Gasteiger partial charge in [0.05, 0.1) is 46.9 Å². The summed E-state index contributed by atoms with van der Waals surface area (Å²) in [7, 11) is 1.63. The lowest BCUT2D eigenvalue weighted by Gasteiger charge is -2.21. The number of carbonyl (C=O) groups excluding carboxylic acids is 2. The largest absolute Gasteiger partial charge is 0.383 e. The van der Waals surface area contributed by atoms with Gasteiger partial charge < -0.3 is 21.1 Å². The second-order valence-electron chi connectivity index (χ2n) is 6.26. The molecule has 0 saturated carbocycles. The molecule has 0 atom stereocenters. The SMILES string of the molecule is COCCn1cc(C2=CN/C(=C3\C(=N)c4ncc(C(N)=O)cc4NC3=O)S2)cn1. The predicted octanol–water partition coefficient (Wildman–Crippen LogP) is 0.890. The van der Waals surface area contributed by atoms with E-state index in [1.54, 1.807) is 24.2 Å². The number of nitrogens with two attached hydrogens (primary N) is 1. The summed E-state index contributed by atoms with van der Waals surface area (Å²) in [5, 5.41) is 19.0. The first-order valence-electron chi connectivity index (χ1n) is 8.59. The van der Waals surface area contributed by atoms with Crippen LogP contribution < -0.4 is 16.4 Å². The van der Waals surface area contributed by atoms with Crippen LogP contribution in [-0.2, 0) is 16.1 Å². The van der Waals surface area contributed by atoms with Crippen molar-refractivity contribution in [2.45, 2.75) is 6.54 Å². The predicted molar refractivity (Wildman–Crippen MR) is 108 cm³/mol. The van der Waals surface area contributed by atoms with Crippen LogP contribution in [0.2, 0.25) is 0 Å². The Morgan fingerprint density at radius 1 is 1.41 bits per heavy atom. The average Bonchev–Trinajstić information content (AvgIpc) is 3.35. The van der Waals surface area contributed by atoms with Crippen LogP contribution in [-0.4, -0.2) is 46.0 Å². The van der Waals surface area contributed by atoms with Gasteiger partial charge in [-0.1, -0.05) is 11.8 Å². The number of primary amides is 1. The van der Waals surface area contributed by atoms with Crippen molar-refractivity contribution in [2.24, 2.45) is 5.73 Å². The minimum atomic E-state index is -0.655. The standard InChI is InChI=1S/C18H17N7O3S/c1-28-3-2-25-8-10(6-23-25)12-7-22-18(29-12)13-14(19)15-11(24-17(13)27)4-9(5-21-15)16(20)26/h4-8,19,22H,2-3H2,1H3,(H2,20,26)(H,24,27)/b18-13-,19-14?. The van der Waals surface area contributed by atoms with Gasteiger partial charge in [-0.25, -0.2) is 0 Å². The maximum atomic E-state index is 12.6. The lowest BCUT2D eigenvalue weighted by molar-refractivity contribution is -0.112. The maximum absolute atomic E-state index is 12.6. The van der Waals surface area contributed by atoms with E-state index in [1.807, 2.05) is 6.20 Å². The van der Waals surface area contributed by atoms with Crippen LogP contribution in [0.15, 0.2) is 41.5 Å². The van der Waals surface area contributed by atoms with Gasteiger partial charge in [0.25, 0.3) is 5.91 Å². The van der Waals surface area contributed by atoms with Crippen molar-refractivity contribution in [3.8, 4) is 0 Å². The summed E-state index contributed by atoms with van der Waals surface area (Å²) in [6.45, 7) is 1.20. The molecule has 5 N–H and O–H groups in total. The minimum absolute atomic E-state index is 0.0276. The van der Waals surface area contributed by atoms with Crippen molar-refractivity contribution in [2.75, 3.05) is 19.0 Å². The normalized spacial score (nSPS) is 18.2. The molecule has 0 unspecified atom stereocenters. The molecule has 4 rings (SSSR count). The highest BCUT2D eigenvalue weighted by Crippen LogP contribution is 2.40. The number of hydrogen-bond acceptors (Lipinski definition) is 8. The Balaban J connectivity index is 1.58. The van der Waals surface area contributed by atoms with Crippen LogP contribution in [0.1, 0.15) is 21.6 Å². The molecular weight excluding hydrogens is 394 g/mol. The first-order chi connectivity index (χ1) is 14.0. The van der Waals surface area contributed by atoms with Crippen molar-refractivity contribution < 1.29 is 14.3 Å². The second-order valence-corrected chi connectivity index (χ2v) is 7.31. The fourth-order valence-corrected chi connectivity index (χ4v) is 3.87. The van der Waals surface area contributed by atoms with E-state index in [4.69, 9.17) is 15.9 Å². The molecule has 0 spiro atoms. The molecule has 2 amide bonds.